The van der Waals surface area contributed by atoms with Crippen molar-refractivity contribution in [1.29, 1.82) is 0 Å². The van der Waals surface area contributed by atoms with Crippen LogP contribution in [-0.2, 0) is 0 Å². The van der Waals surface area contributed by atoms with Crippen LogP contribution < -0.4 is 0 Å². The summed E-state index contributed by atoms with van der Waals surface area (Å²) in [6.07, 6.45) is 4.72. The van der Waals surface area contributed by atoms with Gasteiger partial charge in [0.2, 0.25) is 0 Å². The second kappa shape index (κ2) is 6.66. The van der Waals surface area contributed by atoms with Gasteiger partial charge in [-0.15, -0.1) is 0 Å². The first kappa shape index (κ1) is 16.8. The Morgan fingerprint density at radius 3 is 1.82 bits per heavy atom. The minimum absolute atomic E-state index is 0.356. The molecule has 0 N–H and O–H groups in total. The Hall–Kier alpha value is -1.60. The van der Waals surface area contributed by atoms with Gasteiger partial charge >= 0.3 is 0 Å². The molecule has 1 heteroatoms. The van der Waals surface area contributed by atoms with Crippen LogP contribution in [0.1, 0.15) is 37.4 Å². The van der Waals surface area contributed by atoms with Crippen LogP contribution in [0.25, 0.3) is 6.08 Å². The largest absolute Gasteiger partial charge is 0.0791 e. The normalized spacial score (nSPS) is 14.2. The third-order valence-electron chi connectivity index (χ3n) is 5.15. The van der Waals surface area contributed by atoms with E-state index in [0.717, 1.165) is 0 Å². The van der Waals surface area contributed by atoms with Gasteiger partial charge in [0.15, 0.2) is 0 Å². The molecule has 2 aromatic carbocycles. The van der Waals surface area contributed by atoms with E-state index in [2.05, 4.69) is 107 Å². The van der Waals surface area contributed by atoms with Crippen LogP contribution in [0.15, 0.2) is 66.7 Å². The van der Waals surface area contributed by atoms with Crippen molar-refractivity contribution in [2.45, 2.75) is 44.4 Å². The van der Waals surface area contributed by atoms with Crippen LogP contribution in [0.5, 0.6) is 0 Å². The van der Waals surface area contributed by atoms with Crippen LogP contribution in [0, 0.1) is 0 Å². The van der Waals surface area contributed by atoms with Gasteiger partial charge in [0.1, 0.15) is 0 Å². The van der Waals surface area contributed by atoms with E-state index >= 15 is 0 Å². The highest BCUT2D eigenvalue weighted by atomic mass is 28.3. The summed E-state index contributed by atoms with van der Waals surface area (Å²) >= 11 is 0. The summed E-state index contributed by atoms with van der Waals surface area (Å²) in [5, 5.41) is 0.356. The van der Waals surface area contributed by atoms with E-state index in [1.807, 2.05) is 0 Å². The fraction of sp³-hybridized carbons (Fsp3) is 0.333. The molecule has 0 saturated carbocycles. The molecule has 0 saturated heterocycles. The molecule has 22 heavy (non-hydrogen) atoms. The van der Waals surface area contributed by atoms with Gasteiger partial charge in [-0.3, -0.25) is 0 Å². The molecular formula is C21H28Si. The zero-order chi connectivity index (χ0) is 16.2. The summed E-state index contributed by atoms with van der Waals surface area (Å²) in [5.74, 6) is 0. The lowest BCUT2D eigenvalue weighted by Gasteiger charge is -2.42. The molecule has 0 nitrogen and oxygen atoms in total. The van der Waals surface area contributed by atoms with Gasteiger partial charge in [0.05, 0.1) is 8.07 Å². The third kappa shape index (κ3) is 3.78. The molecule has 0 unspecified atom stereocenters. The highest BCUT2D eigenvalue weighted by Crippen LogP contribution is 2.45. The Morgan fingerprint density at radius 2 is 1.32 bits per heavy atom. The van der Waals surface area contributed by atoms with Gasteiger partial charge in [-0.25, -0.2) is 0 Å². The topological polar surface area (TPSA) is 0 Å². The molecule has 0 bridgehead atoms. The summed E-state index contributed by atoms with van der Waals surface area (Å²) in [6, 6.07) is 21.6. The van der Waals surface area contributed by atoms with Gasteiger partial charge in [0, 0.05) is 0 Å². The Labute approximate surface area is 136 Å². The standard InChI is InChI=1S/C21H28Si/c1-21(2,3)22(4,5)20(19-14-10-7-11-15-19)17-16-18-12-8-6-9-13-18/h6-17,20H,1-5H3/b17-16-/t20-/m0/s1. The van der Waals surface area contributed by atoms with Crippen molar-refractivity contribution in [2.24, 2.45) is 0 Å². The molecule has 0 amide bonds. The van der Waals surface area contributed by atoms with E-state index in [1.165, 1.54) is 11.1 Å². The first-order valence-corrected chi connectivity index (χ1v) is 11.2. The highest BCUT2D eigenvalue weighted by Gasteiger charge is 2.41. The molecular weight excluding hydrogens is 280 g/mol. The SMILES string of the molecule is CC(C)(C)[Si](C)(C)[C@@H](/C=C\c1ccccc1)c1ccccc1. The van der Waals surface area contributed by atoms with E-state index in [0.29, 0.717) is 10.6 Å². The summed E-state index contributed by atoms with van der Waals surface area (Å²) in [5.41, 5.74) is 3.25. The van der Waals surface area contributed by atoms with E-state index in [-0.39, 0.29) is 0 Å². The van der Waals surface area contributed by atoms with Crippen molar-refractivity contribution < 1.29 is 0 Å². The van der Waals surface area contributed by atoms with Crippen LogP contribution in [0.4, 0.5) is 0 Å². The maximum Gasteiger partial charge on any atom is 0.0649 e. The van der Waals surface area contributed by atoms with E-state index in [9.17, 15) is 0 Å². The molecule has 0 fully saturated rings. The van der Waals surface area contributed by atoms with Crippen LogP contribution >= 0.6 is 0 Å². The second-order valence-electron chi connectivity index (χ2n) is 7.63. The minimum Gasteiger partial charge on any atom is -0.0791 e. The van der Waals surface area contributed by atoms with Gasteiger partial charge < -0.3 is 0 Å². The molecule has 0 aliphatic rings. The van der Waals surface area contributed by atoms with Gasteiger partial charge in [-0.1, -0.05) is 107 Å². The van der Waals surface area contributed by atoms with E-state index < -0.39 is 8.07 Å². The van der Waals surface area contributed by atoms with Crippen molar-refractivity contribution in [3.05, 3.63) is 77.9 Å². The Balaban J connectivity index is 2.41. The lowest BCUT2D eigenvalue weighted by molar-refractivity contribution is 0.704. The monoisotopic (exact) mass is 308 g/mol. The van der Waals surface area contributed by atoms with Crippen molar-refractivity contribution in [2.75, 3.05) is 0 Å². The molecule has 0 aromatic heterocycles. The summed E-state index contributed by atoms with van der Waals surface area (Å²) in [4.78, 5) is 0. The van der Waals surface area contributed by atoms with Crippen molar-refractivity contribution in [3.63, 3.8) is 0 Å². The van der Waals surface area contributed by atoms with Crippen LogP contribution in [0.3, 0.4) is 0 Å². The zero-order valence-corrected chi connectivity index (χ0v) is 15.5. The fourth-order valence-corrected chi connectivity index (χ4v) is 5.20. The maximum atomic E-state index is 2.51. The maximum absolute atomic E-state index is 2.51. The molecule has 0 radical (unpaired) electrons. The summed E-state index contributed by atoms with van der Waals surface area (Å²) in [6.45, 7) is 12.2. The summed E-state index contributed by atoms with van der Waals surface area (Å²) < 4.78 is 0. The minimum atomic E-state index is -1.52. The average Bonchev–Trinajstić information content (AvgIpc) is 2.48. The van der Waals surface area contributed by atoms with Crippen LogP contribution in [0.2, 0.25) is 18.1 Å². The molecule has 0 spiro atoms. The summed E-state index contributed by atoms with van der Waals surface area (Å²) in [7, 11) is -1.52. The number of benzene rings is 2. The number of rotatable bonds is 4. The lowest BCUT2D eigenvalue weighted by Crippen LogP contribution is -2.43. The number of allylic oxidation sites excluding steroid dienone is 1. The predicted octanol–water partition coefficient (Wildman–Crippen LogP) is 6.53. The molecule has 1 atom stereocenters. The van der Waals surface area contributed by atoms with Crippen molar-refractivity contribution >= 4 is 14.1 Å². The number of hydrogen-bond acceptors (Lipinski definition) is 0. The smallest absolute Gasteiger partial charge is 0.0649 e. The first-order valence-electron chi connectivity index (χ1n) is 8.10. The molecule has 2 rings (SSSR count). The Kier molecular flexibility index (Phi) is 5.07. The van der Waals surface area contributed by atoms with E-state index in [4.69, 9.17) is 0 Å². The Morgan fingerprint density at radius 1 is 0.818 bits per heavy atom. The van der Waals surface area contributed by atoms with E-state index in [1.54, 1.807) is 0 Å². The van der Waals surface area contributed by atoms with Crippen molar-refractivity contribution in [3.8, 4) is 0 Å². The lowest BCUT2D eigenvalue weighted by atomic mass is 10.1. The fourth-order valence-electron chi connectivity index (χ4n) is 2.67. The van der Waals surface area contributed by atoms with Crippen LogP contribution in [-0.4, -0.2) is 8.07 Å². The quantitative estimate of drug-likeness (QED) is 0.563. The second-order valence-corrected chi connectivity index (χ2v) is 13.2. The van der Waals surface area contributed by atoms with Crippen molar-refractivity contribution in [1.82, 2.24) is 0 Å². The van der Waals surface area contributed by atoms with Gasteiger partial charge in [0.25, 0.3) is 0 Å². The van der Waals surface area contributed by atoms with Gasteiger partial charge in [-0.05, 0) is 21.7 Å². The average molecular weight is 309 g/mol. The molecule has 0 aliphatic carbocycles. The predicted molar refractivity (Wildman–Crippen MR) is 102 cm³/mol. The zero-order valence-electron chi connectivity index (χ0n) is 14.5. The molecule has 0 heterocycles. The molecule has 2 aromatic rings. The first-order chi connectivity index (χ1) is 10.3. The third-order valence-corrected chi connectivity index (χ3v) is 11.1. The molecule has 0 aliphatic heterocycles. The highest BCUT2D eigenvalue weighted by molar-refractivity contribution is 6.81. The Bertz CT molecular complexity index is 603. The van der Waals surface area contributed by atoms with Gasteiger partial charge in [-0.2, -0.15) is 0 Å². The number of hydrogen-bond donors (Lipinski definition) is 0. The molecule has 116 valence electrons.